The average Bonchev–Trinajstić information content (AvgIpc) is 3.15. The van der Waals surface area contributed by atoms with Crippen molar-refractivity contribution in [1.29, 1.82) is 0 Å². The van der Waals surface area contributed by atoms with Gasteiger partial charge in [0.2, 0.25) is 0 Å². The Morgan fingerprint density at radius 2 is 2.12 bits per heavy atom. The van der Waals surface area contributed by atoms with Crippen molar-refractivity contribution in [2.45, 2.75) is 51.6 Å². The molecule has 1 heterocycles. The smallest absolute Gasteiger partial charge is 0.310 e. The quantitative estimate of drug-likeness (QED) is 0.621. The van der Waals surface area contributed by atoms with Crippen molar-refractivity contribution in [1.82, 2.24) is 0 Å². The summed E-state index contributed by atoms with van der Waals surface area (Å²) in [7, 11) is 0. The van der Waals surface area contributed by atoms with Gasteiger partial charge in [-0.25, -0.2) is 0 Å². The number of allylic oxidation sites excluding steroid dienone is 2. The lowest BCUT2D eigenvalue weighted by Crippen LogP contribution is -2.33. The highest BCUT2D eigenvalue weighted by Crippen LogP contribution is 2.38. The van der Waals surface area contributed by atoms with Crippen molar-refractivity contribution in [3.05, 3.63) is 28.2 Å². The Bertz CT molecular complexity index is 738. The molecule has 0 aliphatic heterocycles. The number of nitrogens with two attached hydrogens (primary N) is 1. The van der Waals surface area contributed by atoms with Gasteiger partial charge in [-0.1, -0.05) is 12.2 Å². The van der Waals surface area contributed by atoms with Gasteiger partial charge in [0.1, 0.15) is 5.00 Å². The molecule has 0 saturated carbocycles. The van der Waals surface area contributed by atoms with Crippen LogP contribution in [-0.2, 0) is 27.2 Å². The first-order valence-corrected chi connectivity index (χ1v) is 9.39. The van der Waals surface area contributed by atoms with Gasteiger partial charge in [0.05, 0.1) is 11.5 Å². The highest BCUT2D eigenvalue weighted by atomic mass is 32.1. The van der Waals surface area contributed by atoms with Crippen molar-refractivity contribution in [3.8, 4) is 0 Å². The predicted octanol–water partition coefficient (Wildman–Crippen LogP) is 2.56. The molecule has 0 unspecified atom stereocenters. The average molecular weight is 362 g/mol. The molecule has 0 saturated heterocycles. The number of fused-ring (bicyclic) bond motifs is 1. The van der Waals surface area contributed by atoms with Gasteiger partial charge >= 0.3 is 5.97 Å². The molecule has 0 spiro atoms. The number of ether oxygens (including phenoxy) is 1. The number of hydrogen-bond donors (Lipinski definition) is 2. The van der Waals surface area contributed by atoms with Gasteiger partial charge in [-0.15, -0.1) is 11.3 Å². The minimum absolute atomic E-state index is 0.188. The molecular weight excluding hydrogens is 340 g/mol. The van der Waals surface area contributed by atoms with E-state index in [0.717, 1.165) is 42.5 Å². The number of esters is 1. The third kappa shape index (κ3) is 3.76. The van der Waals surface area contributed by atoms with Crippen LogP contribution in [0, 0.1) is 5.92 Å². The van der Waals surface area contributed by atoms with Crippen molar-refractivity contribution >= 4 is 34.1 Å². The lowest BCUT2D eigenvalue weighted by Gasteiger charge is -2.19. The summed E-state index contributed by atoms with van der Waals surface area (Å²) in [4.78, 5) is 37.4. The third-order valence-corrected chi connectivity index (χ3v) is 5.88. The number of carbonyl (C=O) groups is 3. The number of primary amides is 1. The summed E-state index contributed by atoms with van der Waals surface area (Å²) in [6.07, 6.45) is 8.03. The molecule has 1 aromatic heterocycles. The standard InChI is InChI=1S/C18H22N2O4S/c1-10(24-18(23)11-6-3-2-4-7-11)16(22)20-17-14(15(19)21)12-8-5-9-13(12)25-17/h2-3,10-11H,4-9H2,1H3,(H2,19,21)(H,20,22)/t10-,11-/m0/s1. The summed E-state index contributed by atoms with van der Waals surface area (Å²) >= 11 is 1.39. The summed E-state index contributed by atoms with van der Waals surface area (Å²) in [5.74, 6) is -1.52. The second-order valence-corrected chi connectivity index (χ2v) is 7.58. The van der Waals surface area contributed by atoms with Gasteiger partial charge in [0.15, 0.2) is 6.10 Å². The molecule has 0 fully saturated rings. The SMILES string of the molecule is C[C@H](OC(=O)[C@H]1CC=CCC1)C(=O)Nc1sc2c(c1C(N)=O)CCC2. The van der Waals surface area contributed by atoms with E-state index in [1.165, 1.54) is 18.3 Å². The largest absolute Gasteiger partial charge is 0.452 e. The summed E-state index contributed by atoms with van der Waals surface area (Å²) in [6, 6.07) is 0. The highest BCUT2D eigenvalue weighted by Gasteiger charge is 2.29. The van der Waals surface area contributed by atoms with Crippen LogP contribution in [0.3, 0.4) is 0 Å². The van der Waals surface area contributed by atoms with E-state index in [1.807, 2.05) is 12.2 Å². The van der Waals surface area contributed by atoms with Crippen LogP contribution in [0.2, 0.25) is 0 Å². The number of nitrogens with one attached hydrogen (secondary N) is 1. The van der Waals surface area contributed by atoms with E-state index in [2.05, 4.69) is 5.32 Å². The number of anilines is 1. The molecule has 3 N–H and O–H groups in total. The Morgan fingerprint density at radius 1 is 1.32 bits per heavy atom. The fourth-order valence-corrected chi connectivity index (χ4v) is 4.60. The molecule has 2 amide bonds. The van der Waals surface area contributed by atoms with Gasteiger partial charge in [-0.2, -0.15) is 0 Å². The molecule has 7 heteroatoms. The molecule has 134 valence electrons. The Balaban J connectivity index is 1.65. The summed E-state index contributed by atoms with van der Waals surface area (Å²) in [5.41, 5.74) is 6.84. The van der Waals surface area contributed by atoms with Crippen LogP contribution >= 0.6 is 11.3 Å². The summed E-state index contributed by atoms with van der Waals surface area (Å²) < 4.78 is 5.31. The molecule has 2 atom stereocenters. The third-order valence-electron chi connectivity index (χ3n) is 4.67. The van der Waals surface area contributed by atoms with Gasteiger partial charge < -0.3 is 15.8 Å². The molecule has 0 bridgehead atoms. The first-order chi connectivity index (χ1) is 12.0. The number of rotatable bonds is 5. The van der Waals surface area contributed by atoms with Crippen molar-refractivity contribution < 1.29 is 19.1 Å². The molecule has 2 aliphatic rings. The van der Waals surface area contributed by atoms with Crippen molar-refractivity contribution in [3.63, 3.8) is 0 Å². The Morgan fingerprint density at radius 3 is 2.80 bits per heavy atom. The zero-order valence-corrected chi connectivity index (χ0v) is 15.0. The molecule has 25 heavy (non-hydrogen) atoms. The number of aryl methyl sites for hydroxylation is 1. The van der Waals surface area contributed by atoms with E-state index < -0.39 is 17.9 Å². The molecule has 3 rings (SSSR count). The second kappa shape index (κ2) is 7.39. The Kier molecular flexibility index (Phi) is 5.22. The molecule has 6 nitrogen and oxygen atoms in total. The number of hydrogen-bond acceptors (Lipinski definition) is 5. The van der Waals surface area contributed by atoms with Crippen molar-refractivity contribution in [2.75, 3.05) is 5.32 Å². The maximum Gasteiger partial charge on any atom is 0.310 e. The maximum atomic E-state index is 12.4. The first-order valence-electron chi connectivity index (χ1n) is 8.58. The van der Waals surface area contributed by atoms with Crippen LogP contribution in [0.15, 0.2) is 12.2 Å². The van der Waals surface area contributed by atoms with E-state index in [-0.39, 0.29) is 11.9 Å². The van der Waals surface area contributed by atoms with Gasteiger partial charge in [0, 0.05) is 4.88 Å². The highest BCUT2D eigenvalue weighted by molar-refractivity contribution is 7.17. The fourth-order valence-electron chi connectivity index (χ4n) is 3.30. The van der Waals surface area contributed by atoms with E-state index in [0.29, 0.717) is 17.0 Å². The summed E-state index contributed by atoms with van der Waals surface area (Å²) in [5, 5.41) is 3.18. The zero-order chi connectivity index (χ0) is 18.0. The van der Waals surface area contributed by atoms with Crippen LogP contribution in [0.5, 0.6) is 0 Å². The van der Waals surface area contributed by atoms with E-state index in [4.69, 9.17) is 10.5 Å². The van der Waals surface area contributed by atoms with E-state index >= 15 is 0 Å². The first kappa shape index (κ1) is 17.7. The molecule has 1 aromatic rings. The summed E-state index contributed by atoms with van der Waals surface area (Å²) in [6.45, 7) is 1.54. The zero-order valence-electron chi connectivity index (χ0n) is 14.2. The van der Waals surface area contributed by atoms with Crippen molar-refractivity contribution in [2.24, 2.45) is 11.7 Å². The molecule has 0 radical (unpaired) electrons. The Hall–Kier alpha value is -2.15. The molecular formula is C18H22N2O4S. The lowest BCUT2D eigenvalue weighted by atomic mass is 9.95. The number of amides is 2. The second-order valence-electron chi connectivity index (χ2n) is 6.48. The van der Waals surface area contributed by atoms with Gasteiger partial charge in [0.25, 0.3) is 11.8 Å². The Labute approximate surface area is 150 Å². The van der Waals surface area contributed by atoms with E-state index in [1.54, 1.807) is 0 Å². The predicted molar refractivity (Wildman–Crippen MR) is 95.5 cm³/mol. The van der Waals surface area contributed by atoms with Crippen LogP contribution in [0.25, 0.3) is 0 Å². The number of carbonyl (C=O) groups excluding carboxylic acids is 3. The van der Waals surface area contributed by atoms with E-state index in [9.17, 15) is 14.4 Å². The van der Waals surface area contributed by atoms with Crippen LogP contribution in [0.1, 0.15) is 53.4 Å². The monoisotopic (exact) mass is 362 g/mol. The van der Waals surface area contributed by atoms with Crippen LogP contribution < -0.4 is 11.1 Å². The minimum Gasteiger partial charge on any atom is -0.452 e. The maximum absolute atomic E-state index is 12.4. The molecule has 0 aromatic carbocycles. The minimum atomic E-state index is -0.920. The van der Waals surface area contributed by atoms with Gasteiger partial charge in [-0.05, 0) is 51.0 Å². The fraction of sp³-hybridized carbons (Fsp3) is 0.500. The van der Waals surface area contributed by atoms with Crippen LogP contribution in [0.4, 0.5) is 5.00 Å². The normalized spacial score (nSPS) is 20.0. The van der Waals surface area contributed by atoms with Gasteiger partial charge in [-0.3, -0.25) is 14.4 Å². The molecule has 2 aliphatic carbocycles. The topological polar surface area (TPSA) is 98.5 Å². The van der Waals surface area contributed by atoms with Crippen LogP contribution in [-0.4, -0.2) is 23.9 Å². The number of thiophene rings is 1. The lowest BCUT2D eigenvalue weighted by molar-refractivity contribution is -0.157.